The van der Waals surface area contributed by atoms with Crippen molar-refractivity contribution in [3.05, 3.63) is 0 Å². The van der Waals surface area contributed by atoms with Gasteiger partial charge >= 0.3 is 5.97 Å². The predicted octanol–water partition coefficient (Wildman–Crippen LogP) is 1.96. The smallest absolute Gasteiger partial charge is 0.306 e. The Labute approximate surface area is 141 Å². The lowest BCUT2D eigenvalue weighted by Crippen LogP contribution is -2.30. The summed E-state index contributed by atoms with van der Waals surface area (Å²) in [6.07, 6.45) is 8.74. The minimum atomic E-state index is -0.185. The van der Waals surface area contributed by atoms with Crippen LogP contribution in [0.4, 0.5) is 0 Å². The predicted molar refractivity (Wildman–Crippen MR) is 92.0 cm³/mol. The molecule has 0 aromatic heterocycles. The summed E-state index contributed by atoms with van der Waals surface area (Å²) in [5.74, 6) is 5.49. The Hall–Kier alpha value is -1.09. The summed E-state index contributed by atoms with van der Waals surface area (Å²) in [6, 6.07) is 0. The van der Waals surface area contributed by atoms with Crippen molar-refractivity contribution in [3.63, 3.8) is 0 Å². The minimum absolute atomic E-state index is 0.0368. The molecule has 0 amide bonds. The van der Waals surface area contributed by atoms with Crippen molar-refractivity contribution in [1.82, 2.24) is 4.90 Å². The molecular formula is C18H33NO4. The lowest BCUT2D eigenvalue weighted by atomic mass is 10.1. The van der Waals surface area contributed by atoms with E-state index in [1.165, 1.54) is 32.1 Å². The third kappa shape index (κ3) is 15.6. The zero-order valence-electron chi connectivity index (χ0n) is 14.6. The number of aliphatic hydroxyl groups excluding tert-OH is 2. The summed E-state index contributed by atoms with van der Waals surface area (Å²) >= 11 is 0. The molecule has 2 N–H and O–H groups in total. The summed E-state index contributed by atoms with van der Waals surface area (Å²) in [6.45, 7) is 3.80. The van der Waals surface area contributed by atoms with Crippen LogP contribution in [0.3, 0.4) is 0 Å². The Kier molecular flexibility index (Phi) is 16.4. The van der Waals surface area contributed by atoms with Crippen LogP contribution < -0.4 is 0 Å². The van der Waals surface area contributed by atoms with Crippen LogP contribution in [0.1, 0.15) is 58.3 Å². The van der Waals surface area contributed by atoms with Gasteiger partial charge in [-0.25, -0.2) is 0 Å². The van der Waals surface area contributed by atoms with Gasteiger partial charge < -0.3 is 14.9 Å². The number of nitrogens with zero attached hydrogens (tertiary/aromatic N) is 1. The van der Waals surface area contributed by atoms with Crippen LogP contribution in [0.5, 0.6) is 0 Å². The fraction of sp³-hybridized carbons (Fsp3) is 0.833. The maximum atomic E-state index is 11.5. The summed E-state index contributed by atoms with van der Waals surface area (Å²) < 4.78 is 5.06. The number of esters is 1. The molecule has 0 fully saturated rings. The van der Waals surface area contributed by atoms with E-state index in [9.17, 15) is 4.79 Å². The number of hydrogen-bond donors (Lipinski definition) is 2. The van der Waals surface area contributed by atoms with Gasteiger partial charge in [-0.1, -0.05) is 57.3 Å². The molecule has 23 heavy (non-hydrogen) atoms. The van der Waals surface area contributed by atoms with Gasteiger partial charge in [-0.2, -0.15) is 0 Å². The van der Waals surface area contributed by atoms with Crippen molar-refractivity contribution >= 4 is 5.97 Å². The molecular weight excluding hydrogens is 294 g/mol. The second kappa shape index (κ2) is 17.3. The second-order valence-electron chi connectivity index (χ2n) is 5.61. The summed E-state index contributed by atoms with van der Waals surface area (Å²) in [5, 5.41) is 17.7. The molecule has 0 bridgehead atoms. The average molecular weight is 327 g/mol. The Morgan fingerprint density at radius 2 is 1.57 bits per heavy atom. The Bertz CT molecular complexity index is 330. The van der Waals surface area contributed by atoms with Crippen molar-refractivity contribution in [3.8, 4) is 11.8 Å². The molecule has 134 valence electrons. The molecule has 0 aliphatic rings. The van der Waals surface area contributed by atoms with Gasteiger partial charge in [0.1, 0.15) is 0 Å². The van der Waals surface area contributed by atoms with E-state index in [0.29, 0.717) is 26.1 Å². The third-order valence-corrected chi connectivity index (χ3v) is 3.55. The number of ether oxygens (including phenoxy) is 1. The first-order chi connectivity index (χ1) is 11.2. The maximum Gasteiger partial charge on any atom is 0.306 e. The molecule has 0 aromatic carbocycles. The molecule has 0 aliphatic carbocycles. The zero-order chi connectivity index (χ0) is 17.2. The van der Waals surface area contributed by atoms with Crippen molar-refractivity contribution in [2.24, 2.45) is 0 Å². The number of carbonyl (C=O) groups excluding carboxylic acids is 1. The van der Waals surface area contributed by atoms with E-state index in [2.05, 4.69) is 18.8 Å². The number of rotatable bonds is 14. The summed E-state index contributed by atoms with van der Waals surface area (Å²) in [4.78, 5) is 13.4. The highest BCUT2D eigenvalue weighted by Crippen LogP contribution is 2.08. The van der Waals surface area contributed by atoms with E-state index in [4.69, 9.17) is 14.9 Å². The lowest BCUT2D eigenvalue weighted by molar-refractivity contribution is -0.142. The molecule has 0 aliphatic heterocycles. The van der Waals surface area contributed by atoms with Crippen molar-refractivity contribution in [1.29, 1.82) is 0 Å². The van der Waals surface area contributed by atoms with E-state index >= 15 is 0 Å². The quantitative estimate of drug-likeness (QED) is 0.290. The zero-order valence-corrected chi connectivity index (χ0v) is 14.6. The number of hydrogen-bond acceptors (Lipinski definition) is 5. The first-order valence-corrected chi connectivity index (χ1v) is 8.80. The second-order valence-corrected chi connectivity index (χ2v) is 5.61. The standard InChI is InChI=1S/C18H33NO4/c1-2-3-4-5-6-7-8-11-18(22)23-17-10-9-12-19(13-15-20)14-16-21/h20-21H,2-8,11-17H2,1H3. The van der Waals surface area contributed by atoms with Crippen LogP contribution in [0.2, 0.25) is 0 Å². The Morgan fingerprint density at radius 3 is 2.17 bits per heavy atom. The van der Waals surface area contributed by atoms with E-state index in [1.54, 1.807) is 0 Å². The van der Waals surface area contributed by atoms with Crippen LogP contribution in [-0.4, -0.2) is 60.5 Å². The topological polar surface area (TPSA) is 70.0 Å². The molecule has 0 spiro atoms. The molecule has 5 heteroatoms. The lowest BCUT2D eigenvalue weighted by Gasteiger charge is -2.16. The first kappa shape index (κ1) is 21.9. The van der Waals surface area contributed by atoms with Crippen molar-refractivity contribution in [2.45, 2.75) is 58.3 Å². The summed E-state index contributed by atoms with van der Waals surface area (Å²) in [7, 11) is 0. The normalized spacial score (nSPS) is 10.4. The Morgan fingerprint density at radius 1 is 0.957 bits per heavy atom. The highest BCUT2D eigenvalue weighted by Gasteiger charge is 2.02. The third-order valence-electron chi connectivity index (χ3n) is 3.55. The monoisotopic (exact) mass is 327 g/mol. The maximum absolute atomic E-state index is 11.5. The largest absolute Gasteiger partial charge is 0.452 e. The molecule has 0 saturated carbocycles. The highest BCUT2D eigenvalue weighted by molar-refractivity contribution is 5.69. The van der Waals surface area contributed by atoms with Gasteiger partial charge in [-0.15, -0.1) is 0 Å². The number of carbonyl (C=O) groups is 1. The number of unbranched alkanes of at least 4 members (excludes halogenated alkanes) is 6. The first-order valence-electron chi connectivity index (χ1n) is 8.80. The molecule has 5 nitrogen and oxygen atoms in total. The molecule has 0 radical (unpaired) electrons. The minimum Gasteiger partial charge on any atom is -0.452 e. The van der Waals surface area contributed by atoms with Crippen LogP contribution in [0, 0.1) is 11.8 Å². The molecule has 0 atom stereocenters. The molecule has 0 aromatic rings. The van der Waals surface area contributed by atoms with Gasteiger partial charge in [0.2, 0.25) is 0 Å². The average Bonchev–Trinajstić information content (AvgIpc) is 2.54. The van der Waals surface area contributed by atoms with Gasteiger partial charge in [0, 0.05) is 19.5 Å². The highest BCUT2D eigenvalue weighted by atomic mass is 16.5. The molecule has 0 saturated heterocycles. The van der Waals surface area contributed by atoms with Gasteiger partial charge in [-0.05, 0) is 6.42 Å². The van der Waals surface area contributed by atoms with Gasteiger partial charge in [0.05, 0.1) is 19.8 Å². The molecule has 0 heterocycles. The molecule has 0 rings (SSSR count). The van der Waals surface area contributed by atoms with E-state index in [1.807, 2.05) is 4.90 Å². The van der Waals surface area contributed by atoms with E-state index in [-0.39, 0.29) is 25.8 Å². The van der Waals surface area contributed by atoms with Crippen LogP contribution in [0.15, 0.2) is 0 Å². The van der Waals surface area contributed by atoms with Crippen LogP contribution in [0.25, 0.3) is 0 Å². The van der Waals surface area contributed by atoms with Gasteiger partial charge in [0.15, 0.2) is 6.61 Å². The SMILES string of the molecule is CCCCCCCCCC(=O)OCC#CCN(CCO)CCO. The van der Waals surface area contributed by atoms with Crippen LogP contribution in [-0.2, 0) is 9.53 Å². The fourth-order valence-electron chi connectivity index (χ4n) is 2.19. The van der Waals surface area contributed by atoms with Gasteiger partial charge in [-0.3, -0.25) is 9.69 Å². The van der Waals surface area contributed by atoms with Crippen molar-refractivity contribution in [2.75, 3.05) is 39.5 Å². The van der Waals surface area contributed by atoms with E-state index in [0.717, 1.165) is 12.8 Å². The van der Waals surface area contributed by atoms with Crippen LogP contribution >= 0.6 is 0 Å². The Balaban J connectivity index is 3.57. The van der Waals surface area contributed by atoms with Gasteiger partial charge in [0.25, 0.3) is 0 Å². The molecule has 0 unspecified atom stereocenters. The van der Waals surface area contributed by atoms with Crippen molar-refractivity contribution < 1.29 is 19.7 Å². The number of aliphatic hydroxyl groups is 2. The van der Waals surface area contributed by atoms with E-state index < -0.39 is 0 Å². The fourth-order valence-corrected chi connectivity index (χ4v) is 2.19. The summed E-state index contributed by atoms with van der Waals surface area (Å²) in [5.41, 5.74) is 0.